The van der Waals surface area contributed by atoms with Crippen LogP contribution in [-0.2, 0) is 23.9 Å². The first-order chi connectivity index (χ1) is 14.7. The second-order valence-electron chi connectivity index (χ2n) is 7.65. The Bertz CT molecular complexity index is 996. The van der Waals surface area contributed by atoms with Gasteiger partial charge in [-0.15, -0.1) is 0 Å². The molecule has 2 aliphatic rings. The first-order valence-corrected chi connectivity index (χ1v) is 10.9. The average molecular weight is 492 g/mol. The molecular weight excluding hydrogens is 466 g/mol. The number of esters is 2. The van der Waals surface area contributed by atoms with Crippen LogP contribution >= 0.6 is 15.9 Å². The second kappa shape index (κ2) is 9.26. The number of rotatable bonds is 5. The monoisotopic (exact) mass is 491 g/mol. The SMILES string of the molecule is CCOC(=O)C1=C(C)NC2=C(C(=O)[C@@H](C(=O)OC)[C@H](C)C2)[C@H]1c1ccc(OC)c(Br)c1. The minimum absolute atomic E-state index is 0.205. The topological polar surface area (TPSA) is 90.9 Å². The van der Waals surface area contributed by atoms with Crippen molar-refractivity contribution in [2.75, 3.05) is 20.8 Å². The highest BCUT2D eigenvalue weighted by atomic mass is 79.9. The van der Waals surface area contributed by atoms with Crippen molar-refractivity contribution < 1.29 is 28.6 Å². The maximum absolute atomic E-state index is 13.6. The molecule has 7 nitrogen and oxygen atoms in total. The molecule has 3 rings (SSSR count). The quantitative estimate of drug-likeness (QED) is 0.496. The van der Waals surface area contributed by atoms with E-state index in [1.54, 1.807) is 27.0 Å². The summed E-state index contributed by atoms with van der Waals surface area (Å²) in [6.45, 7) is 5.58. The lowest BCUT2D eigenvalue weighted by Crippen LogP contribution is -2.43. The summed E-state index contributed by atoms with van der Waals surface area (Å²) in [6.07, 6.45) is 0.488. The van der Waals surface area contributed by atoms with Crippen LogP contribution in [0.5, 0.6) is 5.75 Å². The van der Waals surface area contributed by atoms with Crippen molar-refractivity contribution in [1.82, 2.24) is 5.32 Å². The molecule has 0 saturated carbocycles. The first-order valence-electron chi connectivity index (χ1n) is 10.1. The van der Waals surface area contributed by atoms with E-state index in [9.17, 15) is 14.4 Å². The number of ether oxygens (including phenoxy) is 3. The number of ketones is 1. The Hall–Kier alpha value is -2.61. The maximum Gasteiger partial charge on any atom is 0.336 e. The van der Waals surface area contributed by atoms with E-state index in [1.165, 1.54) is 7.11 Å². The van der Waals surface area contributed by atoms with Crippen LogP contribution in [0.1, 0.15) is 38.7 Å². The van der Waals surface area contributed by atoms with Crippen molar-refractivity contribution in [1.29, 1.82) is 0 Å². The lowest BCUT2D eigenvalue weighted by molar-refractivity contribution is -0.151. The van der Waals surface area contributed by atoms with E-state index in [0.717, 1.165) is 11.3 Å². The molecule has 1 aliphatic carbocycles. The molecule has 3 atom stereocenters. The van der Waals surface area contributed by atoms with Gasteiger partial charge in [-0.2, -0.15) is 0 Å². The van der Waals surface area contributed by atoms with Crippen molar-refractivity contribution >= 4 is 33.7 Å². The van der Waals surface area contributed by atoms with E-state index < -0.39 is 23.8 Å². The van der Waals surface area contributed by atoms with Crippen LogP contribution in [0, 0.1) is 11.8 Å². The molecule has 1 aromatic rings. The molecule has 0 bridgehead atoms. The molecule has 0 radical (unpaired) electrons. The molecule has 31 heavy (non-hydrogen) atoms. The van der Waals surface area contributed by atoms with Crippen LogP contribution in [0.2, 0.25) is 0 Å². The highest BCUT2D eigenvalue weighted by molar-refractivity contribution is 9.10. The molecule has 1 heterocycles. The van der Waals surface area contributed by atoms with Gasteiger partial charge in [0.15, 0.2) is 5.78 Å². The number of halogens is 1. The van der Waals surface area contributed by atoms with Gasteiger partial charge >= 0.3 is 11.9 Å². The van der Waals surface area contributed by atoms with Gasteiger partial charge in [0.05, 0.1) is 30.9 Å². The normalized spacial score (nSPS) is 23.2. The second-order valence-corrected chi connectivity index (χ2v) is 8.50. The number of hydrogen-bond donors (Lipinski definition) is 1. The number of dihydropyridines is 1. The predicted octanol–water partition coefficient (Wildman–Crippen LogP) is 3.63. The molecule has 1 aliphatic heterocycles. The number of allylic oxidation sites excluding steroid dienone is 3. The zero-order valence-corrected chi connectivity index (χ0v) is 19.8. The van der Waals surface area contributed by atoms with Gasteiger partial charge in [0, 0.05) is 22.9 Å². The molecule has 8 heteroatoms. The predicted molar refractivity (Wildman–Crippen MR) is 117 cm³/mol. The third-order valence-corrected chi connectivity index (χ3v) is 6.37. The summed E-state index contributed by atoms with van der Waals surface area (Å²) in [6, 6.07) is 5.41. The third kappa shape index (κ3) is 4.13. The fraction of sp³-hybridized carbons (Fsp3) is 0.435. The Balaban J connectivity index is 2.21. The molecule has 0 amide bonds. The van der Waals surface area contributed by atoms with Crippen molar-refractivity contribution in [3.05, 3.63) is 50.8 Å². The minimum atomic E-state index is -0.920. The average Bonchev–Trinajstić information content (AvgIpc) is 2.72. The molecule has 0 aromatic heterocycles. The number of Topliss-reactive ketones (excluding diaryl/α,β-unsaturated/α-hetero) is 1. The summed E-state index contributed by atoms with van der Waals surface area (Å²) < 4.78 is 16.2. The van der Waals surface area contributed by atoms with Crippen molar-refractivity contribution in [2.24, 2.45) is 11.8 Å². The summed E-state index contributed by atoms with van der Waals surface area (Å²) in [7, 11) is 2.84. The Labute approximate surface area is 189 Å². The highest BCUT2D eigenvalue weighted by Gasteiger charge is 2.47. The van der Waals surface area contributed by atoms with Crippen LogP contribution in [0.3, 0.4) is 0 Å². The number of carbonyl (C=O) groups excluding carboxylic acids is 3. The first kappa shape index (κ1) is 23.1. The molecule has 1 N–H and O–H groups in total. The lowest BCUT2D eigenvalue weighted by atomic mass is 9.69. The zero-order valence-electron chi connectivity index (χ0n) is 18.2. The maximum atomic E-state index is 13.6. The van der Waals surface area contributed by atoms with Gasteiger partial charge in [0.1, 0.15) is 11.7 Å². The fourth-order valence-corrected chi connectivity index (χ4v) is 4.91. The van der Waals surface area contributed by atoms with Crippen LogP contribution in [0.15, 0.2) is 45.2 Å². The Morgan fingerprint density at radius 1 is 1.26 bits per heavy atom. The number of carbonyl (C=O) groups is 3. The Morgan fingerprint density at radius 3 is 2.55 bits per heavy atom. The van der Waals surface area contributed by atoms with Crippen molar-refractivity contribution in [3.63, 3.8) is 0 Å². The largest absolute Gasteiger partial charge is 0.496 e. The van der Waals surface area contributed by atoms with Crippen molar-refractivity contribution in [3.8, 4) is 5.75 Å². The minimum Gasteiger partial charge on any atom is -0.496 e. The van der Waals surface area contributed by atoms with E-state index >= 15 is 0 Å². The molecule has 0 saturated heterocycles. The van der Waals surface area contributed by atoms with Gasteiger partial charge in [-0.25, -0.2) is 4.79 Å². The van der Waals surface area contributed by atoms with E-state index in [2.05, 4.69) is 21.2 Å². The fourth-order valence-electron chi connectivity index (χ4n) is 4.36. The molecule has 0 fully saturated rings. The molecule has 166 valence electrons. The number of benzene rings is 1. The van der Waals surface area contributed by atoms with Gasteiger partial charge < -0.3 is 19.5 Å². The van der Waals surface area contributed by atoms with E-state index in [0.29, 0.717) is 33.5 Å². The summed E-state index contributed by atoms with van der Waals surface area (Å²) in [5.41, 5.74) is 2.82. The Kier molecular flexibility index (Phi) is 6.89. The van der Waals surface area contributed by atoms with Gasteiger partial charge in [0.2, 0.25) is 0 Å². The van der Waals surface area contributed by atoms with Crippen molar-refractivity contribution in [2.45, 2.75) is 33.1 Å². The lowest BCUT2D eigenvalue weighted by Gasteiger charge is -2.38. The molecular formula is C23H26BrNO6. The van der Waals surface area contributed by atoms with E-state index in [4.69, 9.17) is 14.2 Å². The van der Waals surface area contributed by atoms with Crippen LogP contribution < -0.4 is 10.1 Å². The number of hydrogen-bond acceptors (Lipinski definition) is 7. The van der Waals surface area contributed by atoms with Gasteiger partial charge in [-0.05, 0) is 59.8 Å². The van der Waals surface area contributed by atoms with Gasteiger partial charge in [-0.3, -0.25) is 9.59 Å². The molecule has 1 aromatic carbocycles. The molecule has 0 unspecified atom stereocenters. The van der Waals surface area contributed by atoms with Crippen LogP contribution in [-0.4, -0.2) is 38.5 Å². The summed E-state index contributed by atoms with van der Waals surface area (Å²) in [4.78, 5) is 38.9. The number of methoxy groups -OCH3 is 2. The summed E-state index contributed by atoms with van der Waals surface area (Å²) in [5, 5.41) is 3.23. The standard InChI is InChI=1S/C23H26BrNO6/c1-6-31-23(28)18-12(3)25-15-9-11(2)17(22(27)30-5)21(26)20(15)19(18)13-7-8-16(29-4)14(24)10-13/h7-8,10-11,17,19,25H,6,9H2,1-5H3/t11-,17+,19+/m1/s1. The Morgan fingerprint density at radius 2 is 1.97 bits per heavy atom. The number of nitrogens with one attached hydrogen (secondary N) is 1. The van der Waals surface area contributed by atoms with E-state index in [-0.39, 0.29) is 18.3 Å². The van der Waals surface area contributed by atoms with E-state index in [1.807, 2.05) is 19.1 Å². The molecule has 0 spiro atoms. The van der Waals surface area contributed by atoms with Gasteiger partial charge in [0.25, 0.3) is 0 Å². The van der Waals surface area contributed by atoms with Gasteiger partial charge in [-0.1, -0.05) is 13.0 Å². The van der Waals surface area contributed by atoms with Crippen LogP contribution in [0.25, 0.3) is 0 Å². The summed E-state index contributed by atoms with van der Waals surface area (Å²) in [5.74, 6) is -2.60. The van der Waals surface area contributed by atoms with Crippen LogP contribution in [0.4, 0.5) is 0 Å². The third-order valence-electron chi connectivity index (χ3n) is 5.75. The smallest absolute Gasteiger partial charge is 0.336 e. The highest BCUT2D eigenvalue weighted by Crippen LogP contribution is 2.46. The summed E-state index contributed by atoms with van der Waals surface area (Å²) >= 11 is 3.49. The zero-order chi connectivity index (χ0) is 22.9.